The van der Waals surface area contributed by atoms with Gasteiger partial charge in [-0.3, -0.25) is 0 Å². The van der Waals surface area contributed by atoms with E-state index in [1.54, 1.807) is 5.56 Å². The minimum Gasteiger partial charge on any atom is -0.468 e. The van der Waals surface area contributed by atoms with Gasteiger partial charge in [-0.25, -0.2) is 0 Å². The van der Waals surface area contributed by atoms with E-state index < -0.39 is 0 Å². The summed E-state index contributed by atoms with van der Waals surface area (Å²) in [6.45, 7) is 24.8. The number of hydrogen-bond acceptors (Lipinski definition) is 3. The topological polar surface area (TPSA) is 19.6 Å². The van der Waals surface area contributed by atoms with E-state index in [1.165, 1.54) is 202 Å². The first-order valence-electron chi connectivity index (χ1n) is 32.4. The lowest BCUT2D eigenvalue weighted by molar-refractivity contribution is 0.0990. The smallest absolute Gasteiger partial charge is 0.297 e. The normalized spacial score (nSPS) is 24.6. The van der Waals surface area contributed by atoms with Crippen LogP contribution in [0.15, 0.2) is 138 Å². The van der Waals surface area contributed by atoms with Crippen LogP contribution >= 0.6 is 0 Å². The van der Waals surface area contributed by atoms with Crippen LogP contribution in [-0.2, 0) is 21.7 Å². The van der Waals surface area contributed by atoms with Crippen molar-refractivity contribution in [1.82, 2.24) is 0 Å². The molecule has 16 rings (SSSR count). The van der Waals surface area contributed by atoms with E-state index in [9.17, 15) is 0 Å². The van der Waals surface area contributed by atoms with E-state index in [-0.39, 0.29) is 39.2 Å². The van der Waals surface area contributed by atoms with Crippen molar-refractivity contribution in [3.05, 3.63) is 172 Å². The van der Waals surface area contributed by atoms with E-state index in [4.69, 9.17) is 4.42 Å². The minimum atomic E-state index is -0.146. The third kappa shape index (κ3) is 7.02. The molecule has 4 saturated carbocycles. The van der Waals surface area contributed by atoms with Crippen molar-refractivity contribution < 1.29 is 4.42 Å². The molecule has 82 heavy (non-hydrogen) atoms. The molecule has 8 aliphatic rings. The van der Waals surface area contributed by atoms with Crippen molar-refractivity contribution in [2.75, 3.05) is 9.80 Å². The SMILES string of the molecule is CC(C)(C)c1cc2c3c(c1)N(c1cccc4c1-c1ccccc1C41CC4CCC1(C)C4(C)C)c1c(oc4ccc(C5CCCCC5)cc14)B3c1ccc(C3CCCCC3)cc1N2c1ccc(-c2ccc3c(c2)C(C)(C)CCC3(C)C)cc1. The van der Waals surface area contributed by atoms with Crippen LogP contribution < -0.4 is 26.4 Å². The highest BCUT2D eigenvalue weighted by Crippen LogP contribution is 2.78. The molecule has 0 N–H and O–H groups in total. The van der Waals surface area contributed by atoms with Crippen molar-refractivity contribution in [2.24, 2.45) is 16.7 Å². The maximum Gasteiger partial charge on any atom is 0.297 e. The monoisotopic (exact) mass is 1080 g/mol. The highest BCUT2D eigenvalue weighted by molar-refractivity contribution is 7.00. The quantitative estimate of drug-likeness (QED) is 0.160. The van der Waals surface area contributed by atoms with Crippen LogP contribution in [0.5, 0.6) is 0 Å². The molecule has 4 fully saturated rings. The van der Waals surface area contributed by atoms with E-state index >= 15 is 0 Å². The lowest BCUT2D eigenvalue weighted by Crippen LogP contribution is -2.61. The van der Waals surface area contributed by atoms with Gasteiger partial charge < -0.3 is 14.2 Å². The van der Waals surface area contributed by atoms with E-state index in [0.717, 1.165) is 11.2 Å². The fraction of sp³-hybridized carbons (Fsp3) is 0.436. The number of benzene rings is 7. The molecule has 3 unspecified atom stereocenters. The molecule has 2 aliphatic heterocycles. The molecule has 0 radical (unpaired) electrons. The number of hydrogen-bond donors (Lipinski definition) is 0. The van der Waals surface area contributed by atoms with Crippen LogP contribution in [0.2, 0.25) is 0 Å². The zero-order valence-corrected chi connectivity index (χ0v) is 50.9. The summed E-state index contributed by atoms with van der Waals surface area (Å²) in [4.78, 5) is 5.46. The maximum atomic E-state index is 7.71. The fourth-order valence-corrected chi connectivity index (χ4v) is 19.1. The molecule has 3 heterocycles. The Morgan fingerprint density at radius 1 is 0.524 bits per heavy atom. The molecule has 2 bridgehead atoms. The predicted molar refractivity (Wildman–Crippen MR) is 347 cm³/mol. The van der Waals surface area contributed by atoms with Crippen LogP contribution in [0.1, 0.15) is 216 Å². The first-order chi connectivity index (χ1) is 39.4. The number of furan rings is 1. The van der Waals surface area contributed by atoms with Crippen molar-refractivity contribution in [2.45, 2.75) is 199 Å². The molecular formula is C78H85BN2O. The number of nitrogens with zero attached hydrogens (tertiary/aromatic N) is 2. The van der Waals surface area contributed by atoms with Crippen LogP contribution in [0, 0.1) is 16.7 Å². The number of fused-ring (bicyclic) bond motifs is 15. The summed E-state index contributed by atoms with van der Waals surface area (Å²) in [6, 6.07) is 54.5. The Hall–Kier alpha value is -6.26. The molecule has 8 aromatic rings. The molecule has 4 heteroatoms. The third-order valence-electron chi connectivity index (χ3n) is 24.4. The summed E-state index contributed by atoms with van der Waals surface area (Å²) >= 11 is 0. The van der Waals surface area contributed by atoms with Crippen LogP contribution in [0.3, 0.4) is 0 Å². The first kappa shape index (κ1) is 51.4. The number of anilines is 6. The van der Waals surface area contributed by atoms with E-state index in [2.05, 4.69) is 212 Å². The molecular weight excluding hydrogens is 992 g/mol. The Bertz CT molecular complexity index is 3940. The van der Waals surface area contributed by atoms with Gasteiger partial charge in [0.25, 0.3) is 6.71 Å². The van der Waals surface area contributed by atoms with E-state index in [0.29, 0.717) is 17.8 Å². The summed E-state index contributed by atoms with van der Waals surface area (Å²) in [7, 11) is 0. The average Bonchev–Trinajstić information content (AvgIpc) is 1.54. The van der Waals surface area contributed by atoms with Gasteiger partial charge in [-0.1, -0.05) is 193 Å². The Morgan fingerprint density at radius 2 is 1.17 bits per heavy atom. The summed E-state index contributed by atoms with van der Waals surface area (Å²) in [5.74, 6) is 1.82. The van der Waals surface area contributed by atoms with E-state index in [1.807, 2.05) is 0 Å². The second-order valence-electron chi connectivity index (χ2n) is 30.6. The van der Waals surface area contributed by atoms with Gasteiger partial charge in [-0.2, -0.15) is 0 Å². The van der Waals surface area contributed by atoms with Gasteiger partial charge in [0.1, 0.15) is 5.58 Å². The lowest BCUT2D eigenvalue weighted by Gasteiger charge is -2.48. The third-order valence-corrected chi connectivity index (χ3v) is 24.4. The van der Waals surface area contributed by atoms with Crippen LogP contribution in [0.4, 0.5) is 34.1 Å². The molecule has 416 valence electrons. The molecule has 0 saturated heterocycles. The highest BCUT2D eigenvalue weighted by Gasteiger charge is 2.71. The van der Waals surface area contributed by atoms with Crippen LogP contribution in [0.25, 0.3) is 33.2 Å². The Morgan fingerprint density at radius 3 is 1.85 bits per heavy atom. The molecule has 3 nitrogen and oxygen atoms in total. The van der Waals surface area contributed by atoms with Crippen molar-refractivity contribution in [3.63, 3.8) is 0 Å². The molecule has 6 aliphatic carbocycles. The predicted octanol–water partition coefficient (Wildman–Crippen LogP) is 20.0. The standard InChI is InChI=1S/C78H85BN2O/c1-73(2,3)55-45-66-70-67(46-55)81(64-27-19-26-61-69(64)57-24-17-18-25-59(57)78(61)47-54-38-39-77(78,10)76(54,8)9)71-58-42-51(48-20-13-11-14-21-48)32-37-68(58)82-72(71)79(70)63-36-31-53(49-22-15-12-16-23-49)44-65(63)80(66)56-33-28-50(29-34-56)52-30-35-60-62(43-52)75(6,7)41-40-74(60,4)5/h17-19,24-37,42-46,48-49,54H,11-16,20-23,38-41,47H2,1-10H3. The Labute approximate surface area is 490 Å². The van der Waals surface area contributed by atoms with Gasteiger partial charge in [0.2, 0.25) is 0 Å². The maximum absolute atomic E-state index is 7.71. The summed E-state index contributed by atoms with van der Waals surface area (Å²) in [6.07, 6.45) is 19.2. The summed E-state index contributed by atoms with van der Waals surface area (Å²) < 4.78 is 7.71. The molecule has 1 spiro atoms. The van der Waals surface area contributed by atoms with Gasteiger partial charge in [0.15, 0.2) is 0 Å². The largest absolute Gasteiger partial charge is 0.468 e. The van der Waals surface area contributed by atoms with Crippen molar-refractivity contribution in [1.29, 1.82) is 0 Å². The van der Waals surface area contributed by atoms with Gasteiger partial charge in [0.05, 0.1) is 17.0 Å². The summed E-state index contributed by atoms with van der Waals surface area (Å²) in [5.41, 5.74) is 28.7. The number of rotatable bonds is 5. The molecule has 7 aromatic carbocycles. The van der Waals surface area contributed by atoms with Gasteiger partial charge in [0, 0.05) is 39.1 Å². The first-order valence-corrected chi connectivity index (χ1v) is 32.4. The highest BCUT2D eigenvalue weighted by atomic mass is 16.3. The molecule has 1 aromatic heterocycles. The Balaban J connectivity index is 0.961. The lowest BCUT2D eigenvalue weighted by atomic mass is 9.35. The second-order valence-corrected chi connectivity index (χ2v) is 30.6. The zero-order chi connectivity index (χ0) is 56.0. The van der Waals surface area contributed by atoms with Crippen molar-refractivity contribution >= 4 is 68.4 Å². The molecule has 3 atom stereocenters. The zero-order valence-electron chi connectivity index (χ0n) is 50.9. The summed E-state index contributed by atoms with van der Waals surface area (Å²) in [5, 5.41) is 1.26. The molecule has 0 amide bonds. The fourth-order valence-electron chi connectivity index (χ4n) is 19.1. The van der Waals surface area contributed by atoms with Gasteiger partial charge >= 0.3 is 0 Å². The minimum absolute atomic E-state index is 0.0638. The van der Waals surface area contributed by atoms with Crippen LogP contribution in [-0.4, -0.2) is 6.71 Å². The second kappa shape index (κ2) is 17.7. The van der Waals surface area contributed by atoms with Crippen molar-refractivity contribution in [3.8, 4) is 22.3 Å². The average molecular weight is 1080 g/mol. The van der Waals surface area contributed by atoms with Gasteiger partial charge in [-0.15, -0.1) is 0 Å². The van der Waals surface area contributed by atoms with Gasteiger partial charge in [-0.05, 0) is 218 Å². The Kier molecular flexibility index (Phi) is 11.1.